The van der Waals surface area contributed by atoms with E-state index in [1.807, 2.05) is 32.0 Å². The molecule has 0 fully saturated rings. The number of nitrogens with two attached hydrogens (primary N) is 1. The molecule has 0 aliphatic rings. The van der Waals surface area contributed by atoms with Crippen molar-refractivity contribution in [3.8, 4) is 5.75 Å². The van der Waals surface area contributed by atoms with Gasteiger partial charge in [0.25, 0.3) is 0 Å². The molecule has 0 saturated carbocycles. The van der Waals surface area contributed by atoms with Crippen molar-refractivity contribution in [2.24, 2.45) is 5.73 Å². The normalized spacial score (nSPS) is 10.5. The summed E-state index contributed by atoms with van der Waals surface area (Å²) < 4.78 is 5.56. The van der Waals surface area contributed by atoms with Gasteiger partial charge in [-0.05, 0) is 44.0 Å². The first-order valence-corrected chi connectivity index (χ1v) is 4.59. The molecule has 0 bridgehead atoms. The third-order valence-corrected chi connectivity index (χ3v) is 1.91. The topological polar surface area (TPSA) is 35.2 Å². The van der Waals surface area contributed by atoms with Crippen LogP contribution in [0.4, 0.5) is 0 Å². The molecule has 72 valence electrons. The second kappa shape index (κ2) is 4.28. The number of hydrogen-bond acceptors (Lipinski definition) is 2. The van der Waals surface area contributed by atoms with Crippen LogP contribution in [0.3, 0.4) is 0 Å². The summed E-state index contributed by atoms with van der Waals surface area (Å²) in [4.78, 5) is 0. The zero-order valence-corrected chi connectivity index (χ0v) is 8.50. The molecule has 0 atom stereocenters. The summed E-state index contributed by atoms with van der Waals surface area (Å²) in [6.45, 7) is 6.66. The first-order chi connectivity index (χ1) is 6.13. The van der Waals surface area contributed by atoms with E-state index in [9.17, 15) is 0 Å². The number of aryl methyl sites for hydroxylation is 1. The lowest BCUT2D eigenvalue weighted by molar-refractivity contribution is 0.242. The molecule has 0 aliphatic carbocycles. The Morgan fingerprint density at radius 3 is 2.62 bits per heavy atom. The molecule has 0 heterocycles. The maximum Gasteiger partial charge on any atom is 0.120 e. The molecule has 0 amide bonds. The van der Waals surface area contributed by atoms with Crippen LogP contribution >= 0.6 is 0 Å². The molecule has 0 unspecified atom stereocenters. The molecule has 13 heavy (non-hydrogen) atoms. The summed E-state index contributed by atoms with van der Waals surface area (Å²) in [6, 6.07) is 6.03. The highest BCUT2D eigenvalue weighted by molar-refractivity contribution is 5.34. The van der Waals surface area contributed by atoms with Crippen molar-refractivity contribution in [1.82, 2.24) is 0 Å². The van der Waals surface area contributed by atoms with Crippen LogP contribution in [0.5, 0.6) is 5.75 Å². The second-order valence-electron chi connectivity index (χ2n) is 3.46. The fourth-order valence-electron chi connectivity index (χ4n) is 1.21. The Morgan fingerprint density at radius 2 is 2.08 bits per heavy atom. The van der Waals surface area contributed by atoms with E-state index in [0.717, 1.165) is 11.3 Å². The highest BCUT2D eigenvalue weighted by Gasteiger charge is 2.00. The van der Waals surface area contributed by atoms with Crippen molar-refractivity contribution in [3.63, 3.8) is 0 Å². The van der Waals surface area contributed by atoms with Gasteiger partial charge in [0, 0.05) is 6.54 Å². The molecule has 1 rings (SSSR count). The zero-order chi connectivity index (χ0) is 9.84. The van der Waals surface area contributed by atoms with Gasteiger partial charge in [0.2, 0.25) is 0 Å². The standard InChI is InChI=1S/C11H17NO/c1-8(2)13-11-5-4-9(3)10(6-11)7-12/h4-6,8H,7,12H2,1-3H3. The van der Waals surface area contributed by atoms with E-state index in [0.29, 0.717) is 6.54 Å². The fourth-order valence-corrected chi connectivity index (χ4v) is 1.21. The molecule has 1 aromatic rings. The van der Waals surface area contributed by atoms with Crippen LogP contribution in [0.1, 0.15) is 25.0 Å². The van der Waals surface area contributed by atoms with Crippen LogP contribution in [0.25, 0.3) is 0 Å². The molecule has 0 saturated heterocycles. The Kier molecular flexibility index (Phi) is 3.32. The summed E-state index contributed by atoms with van der Waals surface area (Å²) in [5, 5.41) is 0. The average molecular weight is 179 g/mol. The van der Waals surface area contributed by atoms with Crippen molar-refractivity contribution in [2.45, 2.75) is 33.4 Å². The van der Waals surface area contributed by atoms with Gasteiger partial charge >= 0.3 is 0 Å². The smallest absolute Gasteiger partial charge is 0.120 e. The van der Waals surface area contributed by atoms with Gasteiger partial charge in [-0.3, -0.25) is 0 Å². The van der Waals surface area contributed by atoms with Crippen molar-refractivity contribution < 1.29 is 4.74 Å². The number of benzene rings is 1. The fraction of sp³-hybridized carbons (Fsp3) is 0.455. The van der Waals surface area contributed by atoms with Crippen molar-refractivity contribution >= 4 is 0 Å². The minimum absolute atomic E-state index is 0.216. The van der Waals surface area contributed by atoms with E-state index < -0.39 is 0 Å². The van der Waals surface area contributed by atoms with Gasteiger partial charge in [0.15, 0.2) is 0 Å². The minimum Gasteiger partial charge on any atom is -0.491 e. The van der Waals surface area contributed by atoms with E-state index in [1.54, 1.807) is 0 Å². The summed E-state index contributed by atoms with van der Waals surface area (Å²) in [7, 11) is 0. The summed E-state index contributed by atoms with van der Waals surface area (Å²) >= 11 is 0. The molecule has 0 aromatic heterocycles. The first-order valence-electron chi connectivity index (χ1n) is 4.59. The number of ether oxygens (including phenoxy) is 1. The van der Waals surface area contributed by atoms with Gasteiger partial charge in [0.05, 0.1) is 6.10 Å². The van der Waals surface area contributed by atoms with E-state index >= 15 is 0 Å². The predicted molar refractivity (Wildman–Crippen MR) is 54.8 cm³/mol. The average Bonchev–Trinajstić information content (AvgIpc) is 2.07. The maximum atomic E-state index is 5.59. The van der Waals surface area contributed by atoms with E-state index in [4.69, 9.17) is 10.5 Å². The summed E-state index contributed by atoms with van der Waals surface area (Å²) in [6.07, 6.45) is 0.216. The summed E-state index contributed by atoms with van der Waals surface area (Å²) in [5.74, 6) is 0.904. The largest absolute Gasteiger partial charge is 0.491 e. The lowest BCUT2D eigenvalue weighted by Gasteiger charge is -2.11. The van der Waals surface area contributed by atoms with E-state index in [1.165, 1.54) is 5.56 Å². The quantitative estimate of drug-likeness (QED) is 0.772. The number of rotatable bonds is 3. The molecule has 2 N–H and O–H groups in total. The van der Waals surface area contributed by atoms with Crippen molar-refractivity contribution in [3.05, 3.63) is 29.3 Å². The van der Waals surface area contributed by atoms with Crippen LogP contribution in [-0.2, 0) is 6.54 Å². The summed E-state index contributed by atoms with van der Waals surface area (Å²) in [5.41, 5.74) is 7.97. The third kappa shape index (κ3) is 2.74. The Labute approximate surface area is 79.7 Å². The third-order valence-electron chi connectivity index (χ3n) is 1.91. The van der Waals surface area contributed by atoms with Gasteiger partial charge < -0.3 is 10.5 Å². The van der Waals surface area contributed by atoms with Gasteiger partial charge in [-0.1, -0.05) is 6.07 Å². The predicted octanol–water partition coefficient (Wildman–Crippen LogP) is 2.24. The second-order valence-corrected chi connectivity index (χ2v) is 3.46. The molecule has 2 heteroatoms. The highest BCUT2D eigenvalue weighted by Crippen LogP contribution is 2.17. The lowest BCUT2D eigenvalue weighted by Crippen LogP contribution is -2.07. The number of hydrogen-bond donors (Lipinski definition) is 1. The molecule has 2 nitrogen and oxygen atoms in total. The van der Waals surface area contributed by atoms with Crippen LogP contribution in [0, 0.1) is 6.92 Å². The van der Waals surface area contributed by atoms with Crippen molar-refractivity contribution in [1.29, 1.82) is 0 Å². The first kappa shape index (κ1) is 10.1. The maximum absolute atomic E-state index is 5.59. The zero-order valence-electron chi connectivity index (χ0n) is 8.50. The monoisotopic (exact) mass is 179 g/mol. The van der Waals surface area contributed by atoms with Gasteiger partial charge in [0.1, 0.15) is 5.75 Å². The van der Waals surface area contributed by atoms with E-state index in [-0.39, 0.29) is 6.10 Å². The molecule has 0 spiro atoms. The van der Waals surface area contributed by atoms with Crippen LogP contribution in [0.2, 0.25) is 0 Å². The SMILES string of the molecule is Cc1ccc(OC(C)C)cc1CN. The van der Waals surface area contributed by atoms with Crippen LogP contribution < -0.4 is 10.5 Å². The van der Waals surface area contributed by atoms with E-state index in [2.05, 4.69) is 6.92 Å². The van der Waals surface area contributed by atoms with Gasteiger partial charge in [-0.15, -0.1) is 0 Å². The van der Waals surface area contributed by atoms with Gasteiger partial charge in [-0.2, -0.15) is 0 Å². The van der Waals surface area contributed by atoms with Crippen LogP contribution in [0.15, 0.2) is 18.2 Å². The van der Waals surface area contributed by atoms with Gasteiger partial charge in [-0.25, -0.2) is 0 Å². The Hall–Kier alpha value is -1.02. The molecule has 1 aromatic carbocycles. The Bertz CT molecular complexity index is 281. The Morgan fingerprint density at radius 1 is 1.38 bits per heavy atom. The molecule has 0 aliphatic heterocycles. The molecular formula is C11H17NO. The highest BCUT2D eigenvalue weighted by atomic mass is 16.5. The molecule has 0 radical (unpaired) electrons. The lowest BCUT2D eigenvalue weighted by atomic mass is 10.1. The molecular weight excluding hydrogens is 162 g/mol. The Balaban J connectivity index is 2.86. The van der Waals surface area contributed by atoms with Crippen molar-refractivity contribution in [2.75, 3.05) is 0 Å². The van der Waals surface area contributed by atoms with Crippen LogP contribution in [-0.4, -0.2) is 6.10 Å². The minimum atomic E-state index is 0.216.